The van der Waals surface area contributed by atoms with Gasteiger partial charge in [0.1, 0.15) is 5.82 Å². The van der Waals surface area contributed by atoms with Crippen LogP contribution in [0.1, 0.15) is 32.9 Å². The van der Waals surface area contributed by atoms with Crippen molar-refractivity contribution in [3.05, 3.63) is 88.8 Å². The Morgan fingerprint density at radius 1 is 1.17 bits per heavy atom. The van der Waals surface area contributed by atoms with Gasteiger partial charge in [-0.1, -0.05) is 30.3 Å². The lowest BCUT2D eigenvalue weighted by Gasteiger charge is -2.17. The monoisotopic (exact) mass is 387 g/mol. The highest BCUT2D eigenvalue weighted by atomic mass is 19.1. The molecule has 7 heteroatoms. The van der Waals surface area contributed by atoms with Gasteiger partial charge in [-0.2, -0.15) is 15.3 Å². The summed E-state index contributed by atoms with van der Waals surface area (Å²) in [5.74, 6) is -0.846. The Hall–Kier alpha value is -3.61. The topological polar surface area (TPSA) is 63.9 Å². The minimum atomic E-state index is -0.521. The first-order valence-electron chi connectivity index (χ1n) is 9.37. The Morgan fingerprint density at radius 2 is 2.03 bits per heavy atom. The number of fused-ring (bicyclic) bond motifs is 2. The SMILES string of the molecule is Cn1cc2c(n1)CN(C(=O)c1cc(Cc3nncc4ccccc34)ccc1F)C2. The number of carbonyl (C=O) groups excluding carboxylic acids is 1. The second-order valence-corrected chi connectivity index (χ2v) is 7.31. The molecule has 144 valence electrons. The van der Waals surface area contributed by atoms with Gasteiger partial charge >= 0.3 is 0 Å². The number of amides is 1. The zero-order valence-corrected chi connectivity index (χ0v) is 15.8. The molecule has 0 radical (unpaired) electrons. The number of aromatic nitrogens is 4. The van der Waals surface area contributed by atoms with Gasteiger partial charge in [-0.25, -0.2) is 4.39 Å². The molecule has 2 aromatic carbocycles. The van der Waals surface area contributed by atoms with Crippen LogP contribution < -0.4 is 0 Å². The van der Waals surface area contributed by atoms with Gasteiger partial charge in [-0.3, -0.25) is 9.48 Å². The molecule has 4 aromatic rings. The molecule has 0 saturated heterocycles. The van der Waals surface area contributed by atoms with Crippen molar-refractivity contribution in [2.45, 2.75) is 19.5 Å². The third-order valence-corrected chi connectivity index (χ3v) is 5.26. The van der Waals surface area contributed by atoms with Crippen LogP contribution in [0, 0.1) is 5.82 Å². The van der Waals surface area contributed by atoms with E-state index in [1.165, 1.54) is 6.07 Å². The van der Waals surface area contributed by atoms with E-state index in [2.05, 4.69) is 15.3 Å². The van der Waals surface area contributed by atoms with Crippen LogP contribution in [-0.2, 0) is 26.6 Å². The average Bonchev–Trinajstić information content (AvgIpc) is 3.27. The lowest BCUT2D eigenvalue weighted by atomic mass is 10.0. The summed E-state index contributed by atoms with van der Waals surface area (Å²) >= 11 is 0. The smallest absolute Gasteiger partial charge is 0.257 e. The molecule has 0 saturated carbocycles. The van der Waals surface area contributed by atoms with Crippen LogP contribution in [0.15, 0.2) is 54.9 Å². The van der Waals surface area contributed by atoms with Crippen molar-refractivity contribution in [1.29, 1.82) is 0 Å². The lowest BCUT2D eigenvalue weighted by molar-refractivity contribution is 0.0744. The van der Waals surface area contributed by atoms with E-state index < -0.39 is 5.82 Å². The summed E-state index contributed by atoms with van der Waals surface area (Å²) in [6.45, 7) is 0.841. The van der Waals surface area contributed by atoms with Crippen LogP contribution in [-0.4, -0.2) is 30.8 Å². The van der Waals surface area contributed by atoms with E-state index >= 15 is 0 Å². The summed E-state index contributed by atoms with van der Waals surface area (Å²) in [5, 5.41) is 14.7. The number of hydrogen-bond donors (Lipinski definition) is 0. The van der Waals surface area contributed by atoms with Gasteiger partial charge in [0.15, 0.2) is 0 Å². The third-order valence-electron chi connectivity index (χ3n) is 5.26. The molecule has 0 aliphatic carbocycles. The van der Waals surface area contributed by atoms with Gasteiger partial charge in [-0.05, 0) is 17.7 Å². The number of hydrogen-bond acceptors (Lipinski definition) is 4. The van der Waals surface area contributed by atoms with Crippen LogP contribution in [0.5, 0.6) is 0 Å². The second-order valence-electron chi connectivity index (χ2n) is 7.31. The Morgan fingerprint density at radius 3 is 2.90 bits per heavy atom. The van der Waals surface area contributed by atoms with Crippen molar-refractivity contribution in [3.8, 4) is 0 Å². The van der Waals surface area contributed by atoms with Crippen LogP contribution >= 0.6 is 0 Å². The van der Waals surface area contributed by atoms with Crippen LogP contribution in [0.25, 0.3) is 10.8 Å². The molecule has 0 bridgehead atoms. The van der Waals surface area contributed by atoms with Crippen LogP contribution in [0.4, 0.5) is 4.39 Å². The number of benzene rings is 2. The highest BCUT2D eigenvalue weighted by Gasteiger charge is 2.28. The fourth-order valence-electron chi connectivity index (χ4n) is 3.86. The molecule has 0 fully saturated rings. The molecule has 1 aliphatic heterocycles. The summed E-state index contributed by atoms with van der Waals surface area (Å²) < 4.78 is 16.2. The van der Waals surface area contributed by atoms with E-state index in [4.69, 9.17) is 0 Å². The summed E-state index contributed by atoms with van der Waals surface area (Å²) in [4.78, 5) is 14.6. The van der Waals surface area contributed by atoms with Gasteiger partial charge < -0.3 is 4.90 Å². The number of nitrogens with zero attached hydrogens (tertiary/aromatic N) is 5. The molecule has 1 aliphatic rings. The van der Waals surface area contributed by atoms with E-state index in [-0.39, 0.29) is 11.5 Å². The first kappa shape index (κ1) is 17.5. The average molecular weight is 387 g/mol. The van der Waals surface area contributed by atoms with Crippen molar-refractivity contribution in [2.24, 2.45) is 7.05 Å². The predicted octanol–water partition coefficient (Wildman–Crippen LogP) is 3.25. The predicted molar refractivity (Wildman–Crippen MR) is 106 cm³/mol. The molecular weight excluding hydrogens is 369 g/mol. The number of rotatable bonds is 3. The van der Waals surface area contributed by atoms with E-state index in [0.717, 1.165) is 33.3 Å². The van der Waals surface area contributed by atoms with Gasteiger partial charge in [0.2, 0.25) is 0 Å². The maximum absolute atomic E-state index is 14.5. The van der Waals surface area contributed by atoms with Gasteiger partial charge in [0.25, 0.3) is 5.91 Å². The third kappa shape index (κ3) is 3.14. The zero-order chi connectivity index (χ0) is 20.0. The normalized spacial score (nSPS) is 13.1. The number of aryl methyl sites for hydroxylation is 1. The fourth-order valence-corrected chi connectivity index (χ4v) is 3.86. The van der Waals surface area contributed by atoms with Crippen molar-refractivity contribution >= 4 is 16.7 Å². The maximum Gasteiger partial charge on any atom is 0.257 e. The van der Waals surface area contributed by atoms with E-state index in [9.17, 15) is 9.18 Å². The van der Waals surface area contributed by atoms with Gasteiger partial charge in [-0.15, -0.1) is 0 Å². The Bertz CT molecular complexity index is 1220. The number of halogens is 1. The molecule has 0 atom stereocenters. The first-order chi connectivity index (χ1) is 14.1. The zero-order valence-electron chi connectivity index (χ0n) is 15.8. The van der Waals surface area contributed by atoms with Gasteiger partial charge in [0.05, 0.1) is 29.7 Å². The minimum absolute atomic E-state index is 0.0743. The Balaban J connectivity index is 1.43. The standard InChI is InChI=1S/C22H18FN5O/c1-27-11-16-12-28(13-21(16)26-27)22(29)18-8-14(6-7-19(18)23)9-20-17-5-3-2-4-15(17)10-24-25-20/h2-8,10-11H,9,12-13H2,1H3. The molecule has 6 nitrogen and oxygen atoms in total. The fraction of sp³-hybridized carbons (Fsp3) is 0.182. The van der Waals surface area contributed by atoms with Gasteiger partial charge in [0, 0.05) is 42.5 Å². The quantitative estimate of drug-likeness (QED) is 0.541. The number of carbonyl (C=O) groups is 1. The first-order valence-corrected chi connectivity index (χ1v) is 9.37. The summed E-state index contributed by atoms with van der Waals surface area (Å²) in [6, 6.07) is 12.5. The molecule has 1 amide bonds. The lowest BCUT2D eigenvalue weighted by Crippen LogP contribution is -2.27. The Labute approximate surface area is 166 Å². The summed E-state index contributed by atoms with van der Waals surface area (Å²) in [5.41, 5.74) is 3.56. The molecule has 2 aromatic heterocycles. The molecule has 3 heterocycles. The maximum atomic E-state index is 14.5. The Kier molecular flexibility index (Phi) is 4.08. The summed E-state index contributed by atoms with van der Waals surface area (Å²) in [7, 11) is 1.85. The van der Waals surface area contributed by atoms with E-state index in [1.54, 1.807) is 27.9 Å². The van der Waals surface area contributed by atoms with Crippen LogP contribution in [0.2, 0.25) is 0 Å². The molecule has 5 rings (SSSR count). The van der Waals surface area contributed by atoms with E-state index in [1.807, 2.05) is 37.5 Å². The van der Waals surface area contributed by atoms with E-state index in [0.29, 0.717) is 19.5 Å². The highest BCUT2D eigenvalue weighted by molar-refractivity contribution is 5.95. The molecule has 29 heavy (non-hydrogen) atoms. The van der Waals surface area contributed by atoms with Crippen molar-refractivity contribution in [1.82, 2.24) is 24.9 Å². The largest absolute Gasteiger partial charge is 0.328 e. The molecule has 0 unspecified atom stereocenters. The van der Waals surface area contributed by atoms with Crippen LogP contribution in [0.3, 0.4) is 0 Å². The van der Waals surface area contributed by atoms with Crippen molar-refractivity contribution in [2.75, 3.05) is 0 Å². The summed E-state index contributed by atoms with van der Waals surface area (Å²) in [6.07, 6.45) is 4.09. The second kappa shape index (κ2) is 6.77. The van der Waals surface area contributed by atoms with Crippen molar-refractivity contribution < 1.29 is 9.18 Å². The molecule has 0 N–H and O–H groups in total. The molecular formula is C22H18FN5O. The minimum Gasteiger partial charge on any atom is -0.328 e. The molecule has 0 spiro atoms. The van der Waals surface area contributed by atoms with Crippen molar-refractivity contribution in [3.63, 3.8) is 0 Å². The highest BCUT2D eigenvalue weighted by Crippen LogP contribution is 2.25.